The van der Waals surface area contributed by atoms with E-state index in [1.807, 2.05) is 19.1 Å². The van der Waals surface area contributed by atoms with Gasteiger partial charge >= 0.3 is 0 Å². The molecule has 0 aliphatic rings. The summed E-state index contributed by atoms with van der Waals surface area (Å²) in [5, 5.41) is 9.72. The van der Waals surface area contributed by atoms with Crippen molar-refractivity contribution in [1.29, 1.82) is 0 Å². The van der Waals surface area contributed by atoms with Crippen LogP contribution in [0.15, 0.2) is 18.2 Å². The Bertz CT molecular complexity index is 337. The minimum absolute atomic E-state index is 0.391. The molecule has 1 aromatic carbocycles. The minimum atomic E-state index is 0.391. The molecule has 0 saturated carbocycles. The second-order valence-electron chi connectivity index (χ2n) is 4.67. The van der Waals surface area contributed by atoms with Crippen molar-refractivity contribution in [2.24, 2.45) is 0 Å². The van der Waals surface area contributed by atoms with Gasteiger partial charge in [0.15, 0.2) is 0 Å². The zero-order chi connectivity index (χ0) is 12.1. The quantitative estimate of drug-likeness (QED) is 0.821. The Morgan fingerprint density at radius 2 is 1.81 bits per heavy atom. The Morgan fingerprint density at radius 3 is 2.44 bits per heavy atom. The lowest BCUT2D eigenvalue weighted by Crippen LogP contribution is -2.28. The molecular formula is C13H22N2O. The summed E-state index contributed by atoms with van der Waals surface area (Å²) >= 11 is 0. The van der Waals surface area contributed by atoms with Gasteiger partial charge in [-0.05, 0) is 34.1 Å². The predicted molar refractivity (Wildman–Crippen MR) is 67.7 cm³/mol. The van der Waals surface area contributed by atoms with Crippen LogP contribution in [0.4, 0.5) is 0 Å². The number of phenols is 1. The van der Waals surface area contributed by atoms with Crippen LogP contribution in [0, 0.1) is 6.92 Å². The van der Waals surface area contributed by atoms with Gasteiger partial charge in [-0.1, -0.05) is 17.7 Å². The van der Waals surface area contributed by atoms with Gasteiger partial charge in [0.1, 0.15) is 5.75 Å². The van der Waals surface area contributed by atoms with E-state index in [-0.39, 0.29) is 0 Å². The second-order valence-corrected chi connectivity index (χ2v) is 4.67. The molecule has 0 heterocycles. The molecule has 0 bridgehead atoms. The van der Waals surface area contributed by atoms with E-state index in [9.17, 15) is 5.11 Å². The van der Waals surface area contributed by atoms with Crippen LogP contribution in [0.2, 0.25) is 0 Å². The van der Waals surface area contributed by atoms with Crippen LogP contribution < -0.4 is 0 Å². The van der Waals surface area contributed by atoms with E-state index in [2.05, 4.69) is 30.9 Å². The van der Waals surface area contributed by atoms with Crippen LogP contribution in [-0.4, -0.2) is 49.1 Å². The zero-order valence-corrected chi connectivity index (χ0v) is 10.7. The molecule has 0 amide bonds. The highest BCUT2D eigenvalue weighted by Gasteiger charge is 2.05. The molecule has 1 rings (SSSR count). The number of aromatic hydroxyl groups is 1. The largest absolute Gasteiger partial charge is 0.508 e. The lowest BCUT2D eigenvalue weighted by Gasteiger charge is -2.20. The lowest BCUT2D eigenvalue weighted by molar-refractivity contribution is 0.273. The first-order valence-corrected chi connectivity index (χ1v) is 5.61. The van der Waals surface area contributed by atoms with Gasteiger partial charge in [0, 0.05) is 25.2 Å². The van der Waals surface area contributed by atoms with Crippen LogP contribution in [0.25, 0.3) is 0 Å². The van der Waals surface area contributed by atoms with Gasteiger partial charge in [0.05, 0.1) is 0 Å². The second kappa shape index (κ2) is 5.87. The maximum atomic E-state index is 9.72. The van der Waals surface area contributed by atoms with Gasteiger partial charge in [0.2, 0.25) is 0 Å². The van der Waals surface area contributed by atoms with Gasteiger partial charge in [-0.2, -0.15) is 0 Å². The molecule has 0 unspecified atom stereocenters. The molecule has 3 heteroatoms. The number of likely N-dealkylation sites (N-methyl/N-ethyl adjacent to an activating group) is 2. The first-order valence-electron chi connectivity index (χ1n) is 5.61. The van der Waals surface area contributed by atoms with E-state index in [0.29, 0.717) is 5.75 Å². The number of hydrogen-bond donors (Lipinski definition) is 1. The number of rotatable bonds is 5. The Balaban J connectivity index is 2.55. The van der Waals surface area contributed by atoms with Gasteiger partial charge in [0.25, 0.3) is 0 Å². The number of benzene rings is 1. The Hall–Kier alpha value is -1.06. The zero-order valence-electron chi connectivity index (χ0n) is 10.7. The van der Waals surface area contributed by atoms with Crippen LogP contribution in [0.3, 0.4) is 0 Å². The fourth-order valence-electron chi connectivity index (χ4n) is 1.58. The maximum absolute atomic E-state index is 9.72. The fourth-order valence-corrected chi connectivity index (χ4v) is 1.58. The molecule has 0 aliphatic carbocycles. The Morgan fingerprint density at radius 1 is 1.12 bits per heavy atom. The lowest BCUT2D eigenvalue weighted by atomic mass is 10.1. The summed E-state index contributed by atoms with van der Waals surface area (Å²) in [6.45, 7) is 4.87. The predicted octanol–water partition coefficient (Wildman–Crippen LogP) is 1.69. The van der Waals surface area contributed by atoms with E-state index in [4.69, 9.17) is 0 Å². The van der Waals surface area contributed by atoms with Gasteiger partial charge in [-0.25, -0.2) is 0 Å². The minimum Gasteiger partial charge on any atom is -0.508 e. The van der Waals surface area contributed by atoms with E-state index < -0.39 is 0 Å². The monoisotopic (exact) mass is 222 g/mol. The number of phenolic OH excluding ortho intramolecular Hbond substituents is 1. The van der Waals surface area contributed by atoms with Crippen molar-refractivity contribution in [3.8, 4) is 5.75 Å². The van der Waals surface area contributed by atoms with Crippen molar-refractivity contribution in [3.63, 3.8) is 0 Å². The van der Waals surface area contributed by atoms with Crippen molar-refractivity contribution in [1.82, 2.24) is 9.80 Å². The number of aryl methyl sites for hydroxylation is 1. The summed E-state index contributed by atoms with van der Waals surface area (Å²) in [6, 6.07) is 5.74. The molecular weight excluding hydrogens is 200 g/mol. The van der Waals surface area contributed by atoms with Gasteiger partial charge in [-0.3, -0.25) is 0 Å². The first-order chi connectivity index (χ1) is 7.49. The van der Waals surface area contributed by atoms with E-state index >= 15 is 0 Å². The summed E-state index contributed by atoms with van der Waals surface area (Å²) in [6.07, 6.45) is 0. The van der Waals surface area contributed by atoms with Crippen LogP contribution >= 0.6 is 0 Å². The van der Waals surface area contributed by atoms with E-state index in [1.165, 1.54) is 5.56 Å². The summed E-state index contributed by atoms with van der Waals surface area (Å²) in [4.78, 5) is 4.38. The molecule has 1 N–H and O–H groups in total. The van der Waals surface area contributed by atoms with E-state index in [0.717, 1.165) is 25.2 Å². The summed E-state index contributed by atoms with van der Waals surface area (Å²) in [5.41, 5.74) is 2.19. The molecule has 16 heavy (non-hydrogen) atoms. The molecule has 3 nitrogen and oxygen atoms in total. The average molecular weight is 222 g/mol. The highest BCUT2D eigenvalue weighted by Crippen LogP contribution is 2.19. The summed E-state index contributed by atoms with van der Waals surface area (Å²) < 4.78 is 0. The highest BCUT2D eigenvalue weighted by molar-refractivity contribution is 5.35. The molecule has 1 aromatic rings. The van der Waals surface area contributed by atoms with Crippen molar-refractivity contribution in [2.45, 2.75) is 13.5 Å². The highest BCUT2D eigenvalue weighted by atomic mass is 16.3. The third-order valence-electron chi connectivity index (χ3n) is 2.60. The van der Waals surface area contributed by atoms with Gasteiger partial charge < -0.3 is 14.9 Å². The SMILES string of the molecule is Cc1ccc(O)c(CN(C)CCN(C)C)c1. The fraction of sp³-hybridized carbons (Fsp3) is 0.538. The molecule has 0 spiro atoms. The maximum Gasteiger partial charge on any atom is 0.120 e. The third kappa shape index (κ3) is 4.21. The van der Waals surface area contributed by atoms with E-state index in [1.54, 1.807) is 6.07 Å². The molecule has 0 aliphatic heterocycles. The van der Waals surface area contributed by atoms with Crippen molar-refractivity contribution >= 4 is 0 Å². The van der Waals surface area contributed by atoms with Crippen LogP contribution in [0.1, 0.15) is 11.1 Å². The van der Waals surface area contributed by atoms with Crippen molar-refractivity contribution in [3.05, 3.63) is 29.3 Å². The number of hydrogen-bond acceptors (Lipinski definition) is 3. The molecule has 0 radical (unpaired) electrons. The standard InChI is InChI=1S/C13H22N2O/c1-11-5-6-13(16)12(9-11)10-15(4)8-7-14(2)3/h5-6,9,16H,7-8,10H2,1-4H3. The summed E-state index contributed by atoms with van der Waals surface area (Å²) in [7, 11) is 6.21. The molecule has 0 aromatic heterocycles. The third-order valence-corrected chi connectivity index (χ3v) is 2.60. The normalized spacial score (nSPS) is 11.4. The number of nitrogens with zero attached hydrogens (tertiary/aromatic N) is 2. The molecule has 0 atom stereocenters. The smallest absolute Gasteiger partial charge is 0.120 e. The topological polar surface area (TPSA) is 26.7 Å². The Kier molecular flexibility index (Phi) is 4.77. The molecule has 0 fully saturated rings. The molecule has 0 saturated heterocycles. The van der Waals surface area contributed by atoms with Gasteiger partial charge in [-0.15, -0.1) is 0 Å². The van der Waals surface area contributed by atoms with Crippen LogP contribution in [-0.2, 0) is 6.54 Å². The summed E-state index contributed by atoms with van der Waals surface area (Å²) in [5.74, 6) is 0.391. The van der Waals surface area contributed by atoms with Crippen molar-refractivity contribution < 1.29 is 5.11 Å². The Labute approximate surface area is 98.3 Å². The van der Waals surface area contributed by atoms with Crippen LogP contribution in [0.5, 0.6) is 5.75 Å². The average Bonchev–Trinajstić information content (AvgIpc) is 2.20. The first kappa shape index (κ1) is 13.0. The molecule has 90 valence electrons. The van der Waals surface area contributed by atoms with Crippen molar-refractivity contribution in [2.75, 3.05) is 34.2 Å².